The summed E-state index contributed by atoms with van der Waals surface area (Å²) in [6, 6.07) is 11.8. The van der Waals surface area contributed by atoms with Gasteiger partial charge in [0, 0.05) is 21.8 Å². The maximum absolute atomic E-state index is 6.38. The van der Waals surface area contributed by atoms with Crippen LogP contribution >= 0.6 is 27.5 Å². The van der Waals surface area contributed by atoms with Gasteiger partial charge in [0.15, 0.2) is 0 Å². The molecule has 0 aliphatic carbocycles. The van der Waals surface area contributed by atoms with Crippen LogP contribution in [0.3, 0.4) is 0 Å². The maximum atomic E-state index is 6.38. The first-order chi connectivity index (χ1) is 9.99. The van der Waals surface area contributed by atoms with Crippen LogP contribution in [0.2, 0.25) is 5.02 Å². The molecule has 108 valence electrons. The lowest BCUT2D eigenvalue weighted by Gasteiger charge is -2.15. The second-order valence-electron chi connectivity index (χ2n) is 5.24. The molecule has 0 bridgehead atoms. The fourth-order valence-electron chi connectivity index (χ4n) is 2.52. The first-order valence-corrected chi connectivity index (χ1v) is 7.88. The molecule has 0 aliphatic heterocycles. The molecule has 3 nitrogen and oxygen atoms in total. The molecule has 21 heavy (non-hydrogen) atoms. The zero-order chi connectivity index (χ0) is 15.1. The number of halogens is 2. The number of nitrogens with two attached hydrogens (primary N) is 1. The molecule has 0 unspecified atom stereocenters. The average molecular weight is 365 g/mol. The number of aromatic nitrogens is 2. The summed E-state index contributed by atoms with van der Waals surface area (Å²) < 4.78 is 3.11. The van der Waals surface area contributed by atoms with Gasteiger partial charge in [0.25, 0.3) is 0 Å². The number of imidazole rings is 1. The lowest BCUT2D eigenvalue weighted by atomic mass is 10.1. The van der Waals surface area contributed by atoms with Crippen molar-refractivity contribution >= 4 is 44.3 Å². The number of para-hydroxylation sites is 1. The van der Waals surface area contributed by atoms with Crippen molar-refractivity contribution in [2.45, 2.75) is 19.9 Å². The number of anilines is 1. The van der Waals surface area contributed by atoms with Crippen molar-refractivity contribution < 1.29 is 0 Å². The third-order valence-electron chi connectivity index (χ3n) is 3.43. The van der Waals surface area contributed by atoms with Gasteiger partial charge in [0.1, 0.15) is 5.82 Å². The minimum atomic E-state index is 0.225. The van der Waals surface area contributed by atoms with Gasteiger partial charge in [0.05, 0.1) is 16.1 Å². The van der Waals surface area contributed by atoms with Crippen LogP contribution in [0, 0.1) is 0 Å². The minimum Gasteiger partial charge on any atom is -0.398 e. The normalized spacial score (nSPS) is 11.5. The van der Waals surface area contributed by atoms with Gasteiger partial charge >= 0.3 is 0 Å². The lowest BCUT2D eigenvalue weighted by molar-refractivity contribution is 0.624. The van der Waals surface area contributed by atoms with Gasteiger partial charge < -0.3 is 10.3 Å². The molecule has 2 aromatic carbocycles. The van der Waals surface area contributed by atoms with Crippen molar-refractivity contribution in [3.63, 3.8) is 0 Å². The summed E-state index contributed by atoms with van der Waals surface area (Å²) >= 11 is 9.87. The third-order valence-corrected chi connectivity index (χ3v) is 4.23. The zero-order valence-corrected chi connectivity index (χ0v) is 14.1. The van der Waals surface area contributed by atoms with Crippen LogP contribution < -0.4 is 5.73 Å². The van der Waals surface area contributed by atoms with Gasteiger partial charge in [-0.1, -0.05) is 33.6 Å². The molecule has 3 rings (SSSR count). The lowest BCUT2D eigenvalue weighted by Crippen LogP contribution is -2.04. The summed E-state index contributed by atoms with van der Waals surface area (Å²) in [6.45, 7) is 4.23. The number of nitrogens with zero attached hydrogens (tertiary/aromatic N) is 2. The Labute approximate surface area is 136 Å². The summed E-state index contributed by atoms with van der Waals surface area (Å²) in [5, 5.41) is 0.702. The third kappa shape index (κ3) is 2.43. The van der Waals surface area contributed by atoms with Crippen LogP contribution in [0.4, 0.5) is 5.69 Å². The highest BCUT2D eigenvalue weighted by Crippen LogP contribution is 2.35. The van der Waals surface area contributed by atoms with Crippen LogP contribution in [0.5, 0.6) is 0 Å². The molecule has 1 heterocycles. The number of nitrogen functional groups attached to an aromatic ring is 1. The topological polar surface area (TPSA) is 43.8 Å². The van der Waals surface area contributed by atoms with Crippen LogP contribution in [-0.4, -0.2) is 9.55 Å². The van der Waals surface area contributed by atoms with Crippen molar-refractivity contribution in [1.29, 1.82) is 0 Å². The molecular weight excluding hydrogens is 350 g/mol. The highest BCUT2D eigenvalue weighted by molar-refractivity contribution is 9.10. The van der Waals surface area contributed by atoms with E-state index in [1.54, 1.807) is 0 Å². The Balaban J connectivity index is 2.40. The number of fused-ring (bicyclic) bond motifs is 1. The number of rotatable bonds is 2. The largest absolute Gasteiger partial charge is 0.398 e. The minimum absolute atomic E-state index is 0.225. The Morgan fingerprint density at radius 2 is 2.00 bits per heavy atom. The van der Waals surface area contributed by atoms with Crippen molar-refractivity contribution in [2.24, 2.45) is 0 Å². The molecule has 0 fully saturated rings. The average Bonchev–Trinajstić information content (AvgIpc) is 2.82. The molecule has 0 spiro atoms. The molecule has 0 amide bonds. The quantitative estimate of drug-likeness (QED) is 0.628. The standard InChI is InChI=1S/C16H15BrClN3/c1-9(2)21-15-12(18)4-3-5-14(15)20-16(21)11-8-10(17)6-7-13(11)19/h3-9H,19H2,1-2H3. The monoisotopic (exact) mass is 363 g/mol. The Morgan fingerprint density at radius 3 is 2.71 bits per heavy atom. The maximum Gasteiger partial charge on any atom is 0.143 e. The van der Waals surface area contributed by atoms with Crippen LogP contribution in [0.15, 0.2) is 40.9 Å². The Hall–Kier alpha value is -1.52. The Kier molecular flexibility index (Phi) is 3.68. The van der Waals surface area contributed by atoms with E-state index in [-0.39, 0.29) is 6.04 Å². The van der Waals surface area contributed by atoms with Crippen LogP contribution in [-0.2, 0) is 0 Å². The molecule has 0 aliphatic rings. The first-order valence-electron chi connectivity index (χ1n) is 6.71. The van der Waals surface area contributed by atoms with E-state index in [4.69, 9.17) is 22.3 Å². The zero-order valence-electron chi connectivity index (χ0n) is 11.8. The summed E-state index contributed by atoms with van der Waals surface area (Å²) in [7, 11) is 0. The Bertz CT molecular complexity index is 824. The van der Waals surface area contributed by atoms with E-state index in [2.05, 4.69) is 34.3 Å². The first kappa shape index (κ1) is 14.4. The highest BCUT2D eigenvalue weighted by Gasteiger charge is 2.18. The van der Waals surface area contributed by atoms with Crippen LogP contribution in [0.25, 0.3) is 22.4 Å². The van der Waals surface area contributed by atoms with E-state index >= 15 is 0 Å². The number of benzene rings is 2. The molecule has 3 aromatic rings. The summed E-state index contributed by atoms with van der Waals surface area (Å²) in [5.41, 5.74) is 9.58. The SMILES string of the molecule is CC(C)n1c(-c2cc(Br)ccc2N)nc2cccc(Cl)c21. The molecule has 0 saturated carbocycles. The van der Waals surface area contributed by atoms with E-state index in [0.717, 1.165) is 26.9 Å². The fraction of sp³-hybridized carbons (Fsp3) is 0.188. The molecule has 0 saturated heterocycles. The van der Waals surface area contributed by atoms with E-state index in [1.165, 1.54) is 0 Å². The van der Waals surface area contributed by atoms with Gasteiger partial charge in [-0.15, -0.1) is 0 Å². The van der Waals surface area contributed by atoms with E-state index in [1.807, 2.05) is 36.4 Å². The summed E-state index contributed by atoms with van der Waals surface area (Å²) in [6.07, 6.45) is 0. The second kappa shape index (κ2) is 5.35. The van der Waals surface area contributed by atoms with Gasteiger partial charge in [-0.2, -0.15) is 0 Å². The van der Waals surface area contributed by atoms with E-state index in [0.29, 0.717) is 10.7 Å². The van der Waals surface area contributed by atoms with Crippen molar-refractivity contribution in [3.05, 3.63) is 45.9 Å². The predicted octanol–water partition coefficient (Wildman–Crippen LogP) is 5.28. The second-order valence-corrected chi connectivity index (χ2v) is 6.56. The van der Waals surface area contributed by atoms with Gasteiger partial charge in [0.2, 0.25) is 0 Å². The fourth-order valence-corrected chi connectivity index (χ4v) is 3.14. The summed E-state index contributed by atoms with van der Waals surface area (Å²) in [5.74, 6) is 0.840. The molecule has 0 radical (unpaired) electrons. The Morgan fingerprint density at radius 1 is 1.24 bits per heavy atom. The summed E-state index contributed by atoms with van der Waals surface area (Å²) in [4.78, 5) is 4.74. The van der Waals surface area contributed by atoms with E-state index < -0.39 is 0 Å². The van der Waals surface area contributed by atoms with Crippen molar-refractivity contribution in [1.82, 2.24) is 9.55 Å². The van der Waals surface area contributed by atoms with Crippen LogP contribution in [0.1, 0.15) is 19.9 Å². The molecule has 1 aromatic heterocycles. The van der Waals surface area contributed by atoms with E-state index in [9.17, 15) is 0 Å². The van der Waals surface area contributed by atoms with Crippen molar-refractivity contribution in [2.75, 3.05) is 5.73 Å². The predicted molar refractivity (Wildman–Crippen MR) is 92.7 cm³/mol. The van der Waals surface area contributed by atoms with Gasteiger partial charge in [-0.05, 0) is 44.2 Å². The molecule has 5 heteroatoms. The number of hydrogen-bond donors (Lipinski definition) is 1. The molecular formula is C16H15BrClN3. The molecule has 2 N–H and O–H groups in total. The van der Waals surface area contributed by atoms with Gasteiger partial charge in [-0.3, -0.25) is 0 Å². The van der Waals surface area contributed by atoms with Gasteiger partial charge in [-0.25, -0.2) is 4.98 Å². The van der Waals surface area contributed by atoms with Crippen molar-refractivity contribution in [3.8, 4) is 11.4 Å². The number of hydrogen-bond acceptors (Lipinski definition) is 2. The smallest absolute Gasteiger partial charge is 0.143 e. The highest BCUT2D eigenvalue weighted by atomic mass is 79.9. The molecule has 0 atom stereocenters.